The maximum Gasteiger partial charge on any atom is 0.418 e. The first-order valence-corrected chi connectivity index (χ1v) is 4.18. The van der Waals surface area contributed by atoms with Gasteiger partial charge in [0, 0.05) is 0 Å². The first kappa shape index (κ1) is 9.78. The molecule has 2 nitrogen and oxygen atoms in total. The van der Waals surface area contributed by atoms with E-state index in [1.165, 1.54) is 12.0 Å². The largest absolute Gasteiger partial charge is 0.446 e. The van der Waals surface area contributed by atoms with E-state index in [0.717, 1.165) is 5.56 Å². The van der Waals surface area contributed by atoms with Crippen molar-refractivity contribution in [3.8, 4) is 0 Å². The lowest BCUT2D eigenvalue weighted by Crippen LogP contribution is -2.20. The van der Waals surface area contributed by atoms with E-state index >= 15 is 0 Å². The summed E-state index contributed by atoms with van der Waals surface area (Å²) < 4.78 is 4.85. The van der Waals surface area contributed by atoms with Crippen molar-refractivity contribution >= 4 is 6.47 Å². The SMILES string of the molecule is Cc1ccc(C(C)(C)O[C]=O)cc1. The van der Waals surface area contributed by atoms with Gasteiger partial charge in [-0.2, -0.15) is 0 Å². The number of hydrogen-bond donors (Lipinski definition) is 0. The third-order valence-corrected chi connectivity index (χ3v) is 2.04. The Morgan fingerprint density at radius 3 is 2.23 bits per heavy atom. The van der Waals surface area contributed by atoms with Crippen molar-refractivity contribution in [2.45, 2.75) is 26.4 Å². The van der Waals surface area contributed by atoms with Gasteiger partial charge in [0.1, 0.15) is 5.60 Å². The fourth-order valence-corrected chi connectivity index (χ4v) is 1.12. The van der Waals surface area contributed by atoms with E-state index in [2.05, 4.69) is 0 Å². The zero-order chi connectivity index (χ0) is 9.90. The predicted octanol–water partition coefficient (Wildman–Crippen LogP) is 2.31. The molecule has 0 fully saturated rings. The number of rotatable bonds is 3. The van der Waals surface area contributed by atoms with Gasteiger partial charge in [-0.25, -0.2) is 4.79 Å². The molecule has 0 atom stereocenters. The Kier molecular flexibility index (Phi) is 2.71. The van der Waals surface area contributed by atoms with Crippen LogP contribution in [-0.4, -0.2) is 6.47 Å². The zero-order valence-electron chi connectivity index (χ0n) is 8.13. The fraction of sp³-hybridized carbons (Fsp3) is 0.364. The summed E-state index contributed by atoms with van der Waals surface area (Å²) in [6, 6.07) is 7.88. The van der Waals surface area contributed by atoms with Crippen molar-refractivity contribution < 1.29 is 9.53 Å². The third kappa shape index (κ3) is 2.31. The van der Waals surface area contributed by atoms with Gasteiger partial charge in [-0.05, 0) is 26.3 Å². The van der Waals surface area contributed by atoms with Crippen molar-refractivity contribution in [2.75, 3.05) is 0 Å². The Bertz CT molecular complexity index is 285. The van der Waals surface area contributed by atoms with Crippen LogP contribution in [0.5, 0.6) is 0 Å². The maximum atomic E-state index is 10.1. The molecule has 0 aliphatic carbocycles. The third-order valence-electron chi connectivity index (χ3n) is 2.04. The van der Waals surface area contributed by atoms with Crippen LogP contribution >= 0.6 is 0 Å². The molecule has 0 aromatic heterocycles. The lowest BCUT2D eigenvalue weighted by Gasteiger charge is -2.22. The van der Waals surface area contributed by atoms with Gasteiger partial charge in [-0.3, -0.25) is 0 Å². The number of aryl methyl sites for hydroxylation is 1. The minimum atomic E-state index is -0.588. The first-order chi connectivity index (χ1) is 6.06. The highest BCUT2D eigenvalue weighted by Crippen LogP contribution is 2.23. The van der Waals surface area contributed by atoms with E-state index in [9.17, 15) is 4.79 Å². The molecule has 0 aliphatic rings. The molecule has 0 saturated carbocycles. The lowest BCUT2D eigenvalue weighted by atomic mass is 9.97. The van der Waals surface area contributed by atoms with Crippen LogP contribution in [-0.2, 0) is 15.1 Å². The second-order valence-corrected chi connectivity index (χ2v) is 3.56. The molecular formula is C11H13O2. The summed E-state index contributed by atoms with van der Waals surface area (Å²) >= 11 is 0. The van der Waals surface area contributed by atoms with Gasteiger partial charge >= 0.3 is 6.47 Å². The summed E-state index contributed by atoms with van der Waals surface area (Å²) in [5.74, 6) is 0. The first-order valence-electron chi connectivity index (χ1n) is 4.18. The van der Waals surface area contributed by atoms with Gasteiger partial charge in [0.15, 0.2) is 0 Å². The van der Waals surface area contributed by atoms with Crippen LogP contribution < -0.4 is 0 Å². The average molecular weight is 177 g/mol. The molecule has 0 heterocycles. The lowest BCUT2D eigenvalue weighted by molar-refractivity contribution is 0.0878. The number of hydrogen-bond acceptors (Lipinski definition) is 2. The smallest absolute Gasteiger partial charge is 0.418 e. The van der Waals surface area contributed by atoms with E-state index in [1.807, 2.05) is 45.0 Å². The predicted molar refractivity (Wildman–Crippen MR) is 51.0 cm³/mol. The zero-order valence-corrected chi connectivity index (χ0v) is 8.13. The molecule has 1 aromatic carbocycles. The van der Waals surface area contributed by atoms with Crippen molar-refractivity contribution in [3.63, 3.8) is 0 Å². The molecule has 1 aromatic rings. The van der Waals surface area contributed by atoms with Crippen LogP contribution in [0.1, 0.15) is 25.0 Å². The van der Waals surface area contributed by atoms with E-state index < -0.39 is 5.60 Å². The van der Waals surface area contributed by atoms with E-state index in [4.69, 9.17) is 4.74 Å². The topological polar surface area (TPSA) is 26.3 Å². The summed E-state index contributed by atoms with van der Waals surface area (Å²) in [6.45, 7) is 7.16. The highest BCUT2D eigenvalue weighted by molar-refractivity contribution is 5.41. The van der Waals surface area contributed by atoms with Crippen LogP contribution in [0.4, 0.5) is 0 Å². The number of ether oxygens (including phenoxy) is 1. The quantitative estimate of drug-likeness (QED) is 0.708. The Morgan fingerprint density at radius 2 is 1.77 bits per heavy atom. The van der Waals surface area contributed by atoms with Gasteiger partial charge in [0.25, 0.3) is 0 Å². The van der Waals surface area contributed by atoms with E-state index in [1.54, 1.807) is 0 Å². The van der Waals surface area contributed by atoms with Crippen LogP contribution in [0.15, 0.2) is 24.3 Å². The second kappa shape index (κ2) is 3.60. The Labute approximate surface area is 78.5 Å². The van der Waals surface area contributed by atoms with Crippen molar-refractivity contribution in [1.29, 1.82) is 0 Å². The molecule has 0 unspecified atom stereocenters. The van der Waals surface area contributed by atoms with Crippen molar-refractivity contribution in [1.82, 2.24) is 0 Å². The van der Waals surface area contributed by atoms with Gasteiger partial charge in [-0.15, -0.1) is 0 Å². The molecule has 1 radical (unpaired) electrons. The second-order valence-electron chi connectivity index (χ2n) is 3.56. The molecule has 0 aliphatic heterocycles. The van der Waals surface area contributed by atoms with Gasteiger partial charge in [-0.1, -0.05) is 29.8 Å². The highest BCUT2D eigenvalue weighted by Gasteiger charge is 2.21. The van der Waals surface area contributed by atoms with Gasteiger partial charge < -0.3 is 4.74 Å². The maximum absolute atomic E-state index is 10.1. The highest BCUT2D eigenvalue weighted by atomic mass is 16.5. The molecule has 0 amide bonds. The Balaban J connectivity index is 2.93. The molecule has 1 rings (SSSR count). The number of benzene rings is 1. The van der Waals surface area contributed by atoms with E-state index in [0.29, 0.717) is 0 Å². The van der Waals surface area contributed by atoms with E-state index in [-0.39, 0.29) is 0 Å². The minimum absolute atomic E-state index is 0.588. The summed E-state index contributed by atoms with van der Waals surface area (Å²) in [6.07, 6.45) is 0. The summed E-state index contributed by atoms with van der Waals surface area (Å²) in [5, 5.41) is 0. The summed E-state index contributed by atoms with van der Waals surface area (Å²) in [5.41, 5.74) is 1.58. The van der Waals surface area contributed by atoms with Gasteiger partial charge in [0.05, 0.1) is 0 Å². The van der Waals surface area contributed by atoms with Crippen LogP contribution in [0.3, 0.4) is 0 Å². The minimum Gasteiger partial charge on any atom is -0.446 e. The van der Waals surface area contributed by atoms with Crippen molar-refractivity contribution in [3.05, 3.63) is 35.4 Å². The molecule has 0 spiro atoms. The standard InChI is InChI=1S/C11H13O2/c1-9-4-6-10(7-5-9)11(2,3)13-8-12/h4-7H,1-3H3. The molecule has 13 heavy (non-hydrogen) atoms. The average Bonchev–Trinajstić information content (AvgIpc) is 2.05. The molecule has 0 saturated heterocycles. The monoisotopic (exact) mass is 177 g/mol. The van der Waals surface area contributed by atoms with Crippen LogP contribution in [0.25, 0.3) is 0 Å². The Hall–Kier alpha value is -1.31. The van der Waals surface area contributed by atoms with Crippen LogP contribution in [0, 0.1) is 6.92 Å². The fourth-order valence-electron chi connectivity index (χ4n) is 1.12. The summed E-state index contributed by atoms with van der Waals surface area (Å²) in [4.78, 5) is 10.1. The van der Waals surface area contributed by atoms with Crippen LogP contribution in [0.2, 0.25) is 0 Å². The molecule has 69 valence electrons. The Morgan fingerprint density at radius 1 is 1.23 bits per heavy atom. The molecule has 2 heteroatoms. The van der Waals surface area contributed by atoms with Crippen molar-refractivity contribution in [2.24, 2.45) is 0 Å². The van der Waals surface area contributed by atoms with Gasteiger partial charge in [0.2, 0.25) is 0 Å². The molecular weight excluding hydrogens is 164 g/mol. The normalized spacial score (nSPS) is 11.0. The molecule has 0 bridgehead atoms. The summed E-state index contributed by atoms with van der Waals surface area (Å²) in [7, 11) is 0. The molecule has 0 N–H and O–H groups in total. The number of carbonyl (C=O) groups excluding carboxylic acids is 1.